The number of thiol groups is 1. The molecule has 1 N–H and O–H groups in total. The zero-order chi connectivity index (χ0) is 5.98. The number of hydrogen-bond acceptors (Lipinski definition) is 4. The molecule has 0 saturated carbocycles. The predicted molar refractivity (Wildman–Crippen MR) is 25.0 cm³/mol. The van der Waals surface area contributed by atoms with E-state index in [1.807, 2.05) is 0 Å². The Morgan fingerprint density at radius 1 is 1.62 bits per heavy atom. The van der Waals surface area contributed by atoms with Crippen LogP contribution in [0.25, 0.3) is 0 Å². The first-order valence-electron chi connectivity index (χ1n) is 1.81. The molecule has 0 saturated heterocycles. The van der Waals surface area contributed by atoms with Gasteiger partial charge in [-0.15, -0.1) is 10.2 Å². The summed E-state index contributed by atoms with van der Waals surface area (Å²) in [5, 5.41) is 6.37. The molecule has 0 aliphatic rings. The van der Waals surface area contributed by atoms with E-state index in [-0.39, 0.29) is 5.16 Å². The zero-order valence-corrected chi connectivity index (χ0v) is 4.63. The van der Waals surface area contributed by atoms with E-state index < -0.39 is 10.7 Å². The zero-order valence-electron chi connectivity index (χ0n) is 3.74. The van der Waals surface area contributed by atoms with Crippen LogP contribution in [0.1, 0.15) is 0 Å². The normalized spacial score (nSPS) is 10.1. The Bertz CT molecular complexity index is 217. The van der Waals surface area contributed by atoms with Crippen molar-refractivity contribution < 1.29 is 8.42 Å². The van der Waals surface area contributed by atoms with E-state index in [1.165, 1.54) is 6.33 Å². The van der Waals surface area contributed by atoms with Crippen molar-refractivity contribution in [2.75, 3.05) is 0 Å². The average Bonchev–Trinajstić information content (AvgIpc) is 2.12. The third kappa shape index (κ3) is 0.836. The summed E-state index contributed by atoms with van der Waals surface area (Å²) in [7, 11) is -2.59. The summed E-state index contributed by atoms with van der Waals surface area (Å²) >= 11 is 0. The van der Waals surface area contributed by atoms with Crippen molar-refractivity contribution in [3.8, 4) is 0 Å². The molecule has 44 valence electrons. The van der Waals surface area contributed by atoms with E-state index in [2.05, 4.69) is 15.2 Å². The highest BCUT2D eigenvalue weighted by Crippen LogP contribution is 1.82. The molecule has 1 aromatic heterocycles. The summed E-state index contributed by atoms with van der Waals surface area (Å²) in [5.41, 5.74) is 0. The number of rotatable bonds is 1. The number of aromatic amines is 1. The first-order valence-corrected chi connectivity index (χ1v) is 2.99. The summed E-state index contributed by atoms with van der Waals surface area (Å²) in [4.78, 5) is 2.32. The quantitative estimate of drug-likeness (QED) is 0.470. The van der Waals surface area contributed by atoms with E-state index >= 15 is 0 Å². The van der Waals surface area contributed by atoms with Gasteiger partial charge in [0.15, 0.2) is 0 Å². The SMILES string of the molecule is O=[SH](=O)c1nnc[nH]1. The fourth-order valence-electron chi connectivity index (χ4n) is 0.288. The number of nitrogens with one attached hydrogen (secondary N) is 1. The van der Waals surface area contributed by atoms with Crippen LogP contribution in [-0.4, -0.2) is 23.6 Å². The summed E-state index contributed by atoms with van der Waals surface area (Å²) in [6.07, 6.45) is 1.21. The number of nitrogens with zero attached hydrogens (tertiary/aromatic N) is 2. The van der Waals surface area contributed by atoms with Crippen molar-refractivity contribution in [1.29, 1.82) is 0 Å². The van der Waals surface area contributed by atoms with Gasteiger partial charge in [0.05, 0.1) is 0 Å². The molecule has 6 heteroatoms. The Labute approximate surface area is 46.7 Å². The van der Waals surface area contributed by atoms with Crippen LogP contribution in [0.15, 0.2) is 11.5 Å². The Balaban J connectivity index is 3.11. The first kappa shape index (κ1) is 5.23. The lowest BCUT2D eigenvalue weighted by Gasteiger charge is -1.69. The van der Waals surface area contributed by atoms with Crippen molar-refractivity contribution in [2.45, 2.75) is 5.16 Å². The highest BCUT2D eigenvalue weighted by atomic mass is 32.2. The molecule has 0 aromatic carbocycles. The van der Waals surface area contributed by atoms with Crippen molar-refractivity contribution in [2.24, 2.45) is 0 Å². The summed E-state index contributed by atoms with van der Waals surface area (Å²) < 4.78 is 19.9. The van der Waals surface area contributed by atoms with Crippen LogP contribution in [0.4, 0.5) is 0 Å². The smallest absolute Gasteiger partial charge is 0.244 e. The second-order valence-corrected chi connectivity index (χ2v) is 2.01. The van der Waals surface area contributed by atoms with Gasteiger partial charge in [-0.25, -0.2) is 8.42 Å². The fraction of sp³-hybridized carbons (Fsp3) is 0. The summed E-state index contributed by atoms with van der Waals surface area (Å²) in [6, 6.07) is 0. The largest absolute Gasteiger partial charge is 0.319 e. The molecule has 8 heavy (non-hydrogen) atoms. The van der Waals surface area contributed by atoms with Crippen molar-refractivity contribution in [1.82, 2.24) is 15.2 Å². The number of H-pyrrole nitrogens is 1. The average molecular weight is 133 g/mol. The monoisotopic (exact) mass is 133 g/mol. The lowest BCUT2D eigenvalue weighted by atomic mass is 11.3. The van der Waals surface area contributed by atoms with Crippen LogP contribution < -0.4 is 0 Å². The van der Waals surface area contributed by atoms with Crippen LogP contribution in [0.5, 0.6) is 0 Å². The van der Waals surface area contributed by atoms with Gasteiger partial charge < -0.3 is 4.98 Å². The van der Waals surface area contributed by atoms with E-state index in [1.54, 1.807) is 0 Å². The molecule has 0 radical (unpaired) electrons. The first-order chi connectivity index (χ1) is 3.80. The van der Waals surface area contributed by atoms with Gasteiger partial charge in [0, 0.05) is 0 Å². The van der Waals surface area contributed by atoms with Crippen LogP contribution in [0.2, 0.25) is 0 Å². The maximum Gasteiger partial charge on any atom is 0.244 e. The van der Waals surface area contributed by atoms with Gasteiger partial charge in [-0.1, -0.05) is 0 Å². The van der Waals surface area contributed by atoms with Crippen LogP contribution >= 0.6 is 0 Å². The molecule has 0 fully saturated rings. The number of hydrogen-bond donors (Lipinski definition) is 2. The molecule has 0 aliphatic carbocycles. The van der Waals surface area contributed by atoms with Crippen molar-refractivity contribution in [3.05, 3.63) is 6.33 Å². The van der Waals surface area contributed by atoms with Gasteiger partial charge in [0.25, 0.3) is 0 Å². The molecule has 1 heterocycles. The van der Waals surface area contributed by atoms with Gasteiger partial charge in [-0.2, -0.15) is 0 Å². The molecule has 0 atom stereocenters. The predicted octanol–water partition coefficient (Wildman–Crippen LogP) is -1.23. The summed E-state index contributed by atoms with van der Waals surface area (Å²) in [5.74, 6) is 0. The van der Waals surface area contributed by atoms with Gasteiger partial charge in [0.2, 0.25) is 15.9 Å². The maximum atomic E-state index is 9.97. The van der Waals surface area contributed by atoms with Crippen molar-refractivity contribution >= 4 is 10.7 Å². The van der Waals surface area contributed by atoms with Crippen LogP contribution in [0, 0.1) is 0 Å². The molecular formula is C2H3N3O2S. The molecule has 0 spiro atoms. The molecule has 0 unspecified atom stereocenters. The second kappa shape index (κ2) is 1.91. The van der Waals surface area contributed by atoms with E-state index in [0.717, 1.165) is 0 Å². The summed E-state index contributed by atoms with van der Waals surface area (Å²) in [6.45, 7) is 0. The Kier molecular flexibility index (Phi) is 1.25. The maximum absolute atomic E-state index is 9.97. The lowest BCUT2D eigenvalue weighted by molar-refractivity contribution is 0.607. The highest BCUT2D eigenvalue weighted by molar-refractivity contribution is 7.72. The van der Waals surface area contributed by atoms with Crippen LogP contribution in [0.3, 0.4) is 0 Å². The van der Waals surface area contributed by atoms with Crippen LogP contribution in [-0.2, 0) is 10.7 Å². The van der Waals surface area contributed by atoms with Gasteiger partial charge in [0.1, 0.15) is 6.33 Å². The third-order valence-electron chi connectivity index (χ3n) is 0.577. The Morgan fingerprint density at radius 2 is 2.38 bits per heavy atom. The van der Waals surface area contributed by atoms with Crippen molar-refractivity contribution in [3.63, 3.8) is 0 Å². The minimum Gasteiger partial charge on any atom is -0.319 e. The molecule has 1 aromatic rings. The Hall–Kier alpha value is -0.910. The molecule has 0 aliphatic heterocycles. The molecule has 1 rings (SSSR count). The highest BCUT2D eigenvalue weighted by Gasteiger charge is 1.92. The standard InChI is InChI=1S/C2H3N3O2S/c6-8(7)2-3-1-4-5-2/h1,8H,(H,3,4,5). The third-order valence-corrected chi connectivity index (χ3v) is 1.14. The topological polar surface area (TPSA) is 75.7 Å². The molecule has 0 amide bonds. The fourth-order valence-corrected chi connectivity index (χ4v) is 0.576. The van der Waals surface area contributed by atoms with E-state index in [0.29, 0.717) is 0 Å². The lowest BCUT2D eigenvalue weighted by Crippen LogP contribution is -1.80. The molecule has 0 bridgehead atoms. The second-order valence-electron chi connectivity index (χ2n) is 1.07. The number of aromatic nitrogens is 3. The van der Waals surface area contributed by atoms with E-state index in [4.69, 9.17) is 0 Å². The van der Waals surface area contributed by atoms with E-state index in [9.17, 15) is 8.42 Å². The minimum absolute atomic E-state index is 0.0972. The molecule has 5 nitrogen and oxygen atoms in total. The minimum atomic E-state index is -2.59. The van der Waals surface area contributed by atoms with Gasteiger partial charge in [-0.05, 0) is 0 Å². The Morgan fingerprint density at radius 3 is 2.62 bits per heavy atom. The van der Waals surface area contributed by atoms with Gasteiger partial charge >= 0.3 is 0 Å². The molecular weight excluding hydrogens is 130 g/mol. The van der Waals surface area contributed by atoms with Gasteiger partial charge in [-0.3, -0.25) is 0 Å².